The molecule has 1 aliphatic heterocycles. The fourth-order valence-electron chi connectivity index (χ4n) is 2.32. The number of rotatable bonds is 2. The number of aryl methyl sites for hydroxylation is 2. The molecule has 4 N–H and O–H groups in total. The number of aliphatic hydroxyl groups is 4. The molecular weight excluding hydrogens is 248 g/mol. The molecular formula is C14H20O5. The summed E-state index contributed by atoms with van der Waals surface area (Å²) in [7, 11) is 0. The topological polar surface area (TPSA) is 90.2 Å². The summed E-state index contributed by atoms with van der Waals surface area (Å²) in [6.45, 7) is 3.52. The van der Waals surface area contributed by atoms with Gasteiger partial charge in [0, 0.05) is 0 Å². The highest BCUT2D eigenvalue weighted by molar-refractivity contribution is 5.32. The van der Waals surface area contributed by atoms with Crippen LogP contribution in [0.1, 0.15) is 22.8 Å². The van der Waals surface area contributed by atoms with Gasteiger partial charge in [0.15, 0.2) is 0 Å². The van der Waals surface area contributed by atoms with Gasteiger partial charge in [-0.05, 0) is 30.5 Å². The Kier molecular flexibility index (Phi) is 4.23. The predicted octanol–water partition coefficient (Wildman–Crippen LogP) is -0.182. The van der Waals surface area contributed by atoms with Crippen molar-refractivity contribution in [3.05, 3.63) is 34.9 Å². The van der Waals surface area contributed by atoms with Gasteiger partial charge in [0.2, 0.25) is 0 Å². The van der Waals surface area contributed by atoms with E-state index in [1.807, 2.05) is 32.0 Å². The molecule has 1 aromatic rings. The number of benzene rings is 1. The van der Waals surface area contributed by atoms with Crippen LogP contribution >= 0.6 is 0 Å². The molecule has 19 heavy (non-hydrogen) atoms. The van der Waals surface area contributed by atoms with Crippen LogP contribution < -0.4 is 0 Å². The van der Waals surface area contributed by atoms with Crippen molar-refractivity contribution in [1.29, 1.82) is 0 Å². The van der Waals surface area contributed by atoms with Gasteiger partial charge < -0.3 is 25.2 Å². The zero-order valence-electron chi connectivity index (χ0n) is 11.0. The average molecular weight is 268 g/mol. The van der Waals surface area contributed by atoms with Crippen molar-refractivity contribution < 1.29 is 25.2 Å². The van der Waals surface area contributed by atoms with Crippen LogP contribution in [0, 0.1) is 13.8 Å². The van der Waals surface area contributed by atoms with E-state index < -0.39 is 37.1 Å². The number of hydrogen-bond donors (Lipinski definition) is 4. The lowest BCUT2D eigenvalue weighted by Gasteiger charge is -2.40. The van der Waals surface area contributed by atoms with Crippen LogP contribution in [-0.4, -0.2) is 51.4 Å². The summed E-state index contributed by atoms with van der Waals surface area (Å²) in [5.74, 6) is 0. The number of aliphatic hydroxyl groups excluding tert-OH is 4. The lowest BCUT2D eigenvalue weighted by molar-refractivity contribution is -0.231. The molecule has 5 atom stereocenters. The van der Waals surface area contributed by atoms with E-state index >= 15 is 0 Å². The Morgan fingerprint density at radius 1 is 1.00 bits per heavy atom. The van der Waals surface area contributed by atoms with Crippen molar-refractivity contribution in [1.82, 2.24) is 0 Å². The first-order chi connectivity index (χ1) is 8.95. The molecule has 1 saturated heterocycles. The second kappa shape index (κ2) is 5.56. The molecule has 1 heterocycles. The minimum atomic E-state index is -1.34. The van der Waals surface area contributed by atoms with Crippen molar-refractivity contribution in [3.8, 4) is 0 Å². The van der Waals surface area contributed by atoms with Crippen molar-refractivity contribution in [2.45, 2.75) is 44.4 Å². The van der Waals surface area contributed by atoms with Gasteiger partial charge in [0.05, 0.1) is 6.61 Å². The molecule has 1 fully saturated rings. The molecule has 0 unspecified atom stereocenters. The molecule has 5 nitrogen and oxygen atoms in total. The lowest BCUT2D eigenvalue weighted by Crippen LogP contribution is -2.55. The highest BCUT2D eigenvalue weighted by atomic mass is 16.5. The van der Waals surface area contributed by atoms with Crippen LogP contribution in [0.3, 0.4) is 0 Å². The highest BCUT2D eigenvalue weighted by Gasteiger charge is 2.43. The molecule has 2 rings (SSSR count). The Morgan fingerprint density at radius 2 is 1.68 bits per heavy atom. The monoisotopic (exact) mass is 268 g/mol. The third-order valence-electron chi connectivity index (χ3n) is 3.75. The summed E-state index contributed by atoms with van der Waals surface area (Å²) in [6, 6.07) is 5.60. The molecule has 1 aromatic carbocycles. The van der Waals surface area contributed by atoms with Crippen LogP contribution in [0.4, 0.5) is 0 Å². The zero-order chi connectivity index (χ0) is 14.2. The van der Waals surface area contributed by atoms with E-state index in [-0.39, 0.29) is 0 Å². The maximum absolute atomic E-state index is 10.0. The summed E-state index contributed by atoms with van der Waals surface area (Å²) in [6.07, 6.45) is -5.50. The van der Waals surface area contributed by atoms with Gasteiger partial charge in [-0.25, -0.2) is 0 Å². The molecule has 106 valence electrons. The fourth-order valence-corrected chi connectivity index (χ4v) is 2.32. The summed E-state index contributed by atoms with van der Waals surface area (Å²) in [5.41, 5.74) is 2.89. The highest BCUT2D eigenvalue weighted by Crippen LogP contribution is 2.32. The maximum Gasteiger partial charge on any atom is 0.113 e. The fraction of sp³-hybridized carbons (Fsp3) is 0.571. The molecule has 0 aliphatic carbocycles. The Morgan fingerprint density at radius 3 is 2.26 bits per heavy atom. The first-order valence-electron chi connectivity index (χ1n) is 6.33. The smallest absolute Gasteiger partial charge is 0.113 e. The minimum absolute atomic E-state index is 0.410. The van der Waals surface area contributed by atoms with Crippen molar-refractivity contribution in [3.63, 3.8) is 0 Å². The quantitative estimate of drug-likeness (QED) is 0.597. The third kappa shape index (κ3) is 2.66. The van der Waals surface area contributed by atoms with E-state index in [9.17, 15) is 15.3 Å². The minimum Gasteiger partial charge on any atom is -0.394 e. The molecule has 0 amide bonds. The van der Waals surface area contributed by atoms with Gasteiger partial charge in [-0.3, -0.25) is 0 Å². The van der Waals surface area contributed by atoms with Crippen LogP contribution in [0.15, 0.2) is 18.2 Å². The van der Waals surface area contributed by atoms with E-state index in [2.05, 4.69) is 0 Å². The van der Waals surface area contributed by atoms with Gasteiger partial charge in [-0.2, -0.15) is 0 Å². The Hall–Kier alpha value is -0.980. The SMILES string of the molecule is Cc1ccc([C@@H]2O[C@H](CO)[C@@H](O)[C@H](O)[C@H]2O)cc1C. The number of hydrogen-bond acceptors (Lipinski definition) is 5. The first-order valence-corrected chi connectivity index (χ1v) is 6.33. The van der Waals surface area contributed by atoms with Gasteiger partial charge in [0.25, 0.3) is 0 Å². The van der Waals surface area contributed by atoms with Crippen molar-refractivity contribution in [2.75, 3.05) is 6.61 Å². The van der Waals surface area contributed by atoms with E-state index in [4.69, 9.17) is 9.84 Å². The van der Waals surface area contributed by atoms with E-state index in [1.165, 1.54) is 0 Å². The number of ether oxygens (including phenoxy) is 1. The van der Waals surface area contributed by atoms with Crippen LogP contribution in [-0.2, 0) is 4.74 Å². The van der Waals surface area contributed by atoms with E-state index in [0.717, 1.165) is 16.7 Å². The van der Waals surface area contributed by atoms with E-state index in [1.54, 1.807) is 0 Å². The Bertz CT molecular complexity index is 445. The Balaban J connectivity index is 2.29. The average Bonchev–Trinajstić information content (AvgIpc) is 2.40. The molecule has 0 spiro atoms. The third-order valence-corrected chi connectivity index (χ3v) is 3.75. The molecule has 0 radical (unpaired) electrons. The van der Waals surface area contributed by atoms with Crippen molar-refractivity contribution in [2.24, 2.45) is 0 Å². The van der Waals surface area contributed by atoms with Crippen molar-refractivity contribution >= 4 is 0 Å². The second-order valence-corrected chi connectivity index (χ2v) is 5.09. The van der Waals surface area contributed by atoms with Gasteiger partial charge in [-0.15, -0.1) is 0 Å². The van der Waals surface area contributed by atoms with Crippen LogP contribution in [0.5, 0.6) is 0 Å². The second-order valence-electron chi connectivity index (χ2n) is 5.09. The summed E-state index contributed by atoms with van der Waals surface area (Å²) < 4.78 is 5.50. The summed E-state index contributed by atoms with van der Waals surface area (Å²) in [4.78, 5) is 0. The molecule has 0 bridgehead atoms. The Labute approximate surface area is 112 Å². The summed E-state index contributed by atoms with van der Waals surface area (Å²) in [5, 5.41) is 38.7. The van der Waals surface area contributed by atoms with Gasteiger partial charge >= 0.3 is 0 Å². The maximum atomic E-state index is 10.0. The zero-order valence-corrected chi connectivity index (χ0v) is 11.0. The molecule has 5 heteroatoms. The standard InChI is InChI=1S/C14H20O5/c1-7-3-4-9(5-8(7)2)14-13(18)12(17)11(16)10(6-15)19-14/h3-5,10-18H,6H2,1-2H3/t10-,11-,12+,13-,14+/m1/s1. The molecule has 0 aromatic heterocycles. The van der Waals surface area contributed by atoms with E-state index in [0.29, 0.717) is 0 Å². The first kappa shape index (κ1) is 14.4. The molecule has 1 aliphatic rings. The van der Waals surface area contributed by atoms with Crippen LogP contribution in [0.2, 0.25) is 0 Å². The van der Waals surface area contributed by atoms with Gasteiger partial charge in [0.1, 0.15) is 30.5 Å². The lowest BCUT2D eigenvalue weighted by atomic mass is 9.90. The normalized spacial score (nSPS) is 35.4. The largest absolute Gasteiger partial charge is 0.394 e. The summed E-state index contributed by atoms with van der Waals surface area (Å²) >= 11 is 0. The predicted molar refractivity (Wildman–Crippen MR) is 68.6 cm³/mol. The van der Waals surface area contributed by atoms with Gasteiger partial charge in [-0.1, -0.05) is 18.2 Å². The molecule has 0 saturated carbocycles. The van der Waals surface area contributed by atoms with Crippen LogP contribution in [0.25, 0.3) is 0 Å².